The summed E-state index contributed by atoms with van der Waals surface area (Å²) in [7, 11) is 0. The van der Waals surface area contributed by atoms with Crippen LogP contribution in [0.2, 0.25) is 0 Å². The molecule has 1 aliphatic heterocycles. The third-order valence-corrected chi connectivity index (χ3v) is 4.90. The topological polar surface area (TPSA) is 40.5 Å². The number of fused-ring (bicyclic) bond motifs is 1. The summed E-state index contributed by atoms with van der Waals surface area (Å²) in [5.74, 6) is -0.785. The van der Waals surface area contributed by atoms with E-state index in [0.717, 1.165) is 51.7 Å². The quantitative estimate of drug-likeness (QED) is 0.833. The average Bonchev–Trinajstić information content (AvgIpc) is 2.85. The molecule has 4 heteroatoms. The molecule has 2 rings (SSSR count). The van der Waals surface area contributed by atoms with Gasteiger partial charge >= 0.3 is 5.97 Å². The van der Waals surface area contributed by atoms with Gasteiger partial charge in [-0.05, 0) is 42.8 Å². The van der Waals surface area contributed by atoms with Gasteiger partial charge in [-0.3, -0.25) is 9.69 Å². The number of rotatable bonds is 7. The minimum Gasteiger partial charge on any atom is -0.481 e. The highest BCUT2D eigenvalue weighted by Gasteiger charge is 2.21. The highest BCUT2D eigenvalue weighted by atomic mass is 32.1. The first-order valence-corrected chi connectivity index (χ1v) is 8.09. The van der Waals surface area contributed by atoms with Gasteiger partial charge in [-0.2, -0.15) is 0 Å². The molecule has 1 atom stereocenters. The number of hydrogen-bond donors (Lipinski definition) is 1. The molecule has 0 aromatic carbocycles. The molecule has 0 spiro atoms. The summed E-state index contributed by atoms with van der Waals surface area (Å²) >= 11 is 1.83. The minimum absolute atomic E-state index is 0.162. The van der Waals surface area contributed by atoms with Gasteiger partial charge in [0.15, 0.2) is 0 Å². The highest BCUT2D eigenvalue weighted by Crippen LogP contribution is 2.25. The zero-order chi connectivity index (χ0) is 13.7. The van der Waals surface area contributed by atoms with E-state index >= 15 is 0 Å². The molecule has 0 fully saturated rings. The molecule has 1 N–H and O–H groups in total. The molecule has 1 aliphatic rings. The summed E-state index contributed by atoms with van der Waals surface area (Å²) < 4.78 is 0. The smallest absolute Gasteiger partial charge is 0.306 e. The Hall–Kier alpha value is -0.870. The molecular weight excluding hydrogens is 258 g/mol. The van der Waals surface area contributed by atoms with E-state index in [1.54, 1.807) is 0 Å². The van der Waals surface area contributed by atoms with Gasteiger partial charge in [0, 0.05) is 18.0 Å². The second-order valence-corrected chi connectivity index (χ2v) is 6.36. The molecule has 0 bridgehead atoms. The first kappa shape index (κ1) is 14.5. The number of carboxylic acids is 1. The Bertz CT molecular complexity index is 416. The largest absolute Gasteiger partial charge is 0.481 e. The maximum Gasteiger partial charge on any atom is 0.306 e. The standard InChI is InChI=1S/C15H23NO2S/c1-2-3-4-13(15(17)18)6-9-16-8-5-12-7-10-19-14(12)11-16/h7,10,13H,2-6,8-9,11H2,1H3,(H,17,18). The van der Waals surface area contributed by atoms with Crippen molar-refractivity contribution < 1.29 is 9.90 Å². The highest BCUT2D eigenvalue weighted by molar-refractivity contribution is 7.10. The van der Waals surface area contributed by atoms with E-state index in [0.29, 0.717) is 0 Å². The van der Waals surface area contributed by atoms with Gasteiger partial charge in [-0.1, -0.05) is 19.8 Å². The van der Waals surface area contributed by atoms with Gasteiger partial charge in [0.1, 0.15) is 0 Å². The van der Waals surface area contributed by atoms with E-state index in [1.165, 1.54) is 10.4 Å². The molecule has 1 unspecified atom stereocenters. The summed E-state index contributed by atoms with van der Waals surface area (Å²) in [6, 6.07) is 2.22. The van der Waals surface area contributed by atoms with Crippen LogP contribution in [0.15, 0.2) is 11.4 Å². The third kappa shape index (κ3) is 4.05. The summed E-state index contributed by atoms with van der Waals surface area (Å²) in [5.41, 5.74) is 1.49. The van der Waals surface area contributed by atoms with Crippen molar-refractivity contribution in [3.8, 4) is 0 Å². The number of aliphatic carboxylic acids is 1. The molecule has 1 aromatic heterocycles. The van der Waals surface area contributed by atoms with Crippen molar-refractivity contribution >= 4 is 17.3 Å². The Morgan fingerprint density at radius 1 is 1.53 bits per heavy atom. The SMILES string of the molecule is CCCCC(CCN1CCc2ccsc2C1)C(=O)O. The van der Waals surface area contributed by atoms with Crippen molar-refractivity contribution in [1.29, 1.82) is 0 Å². The molecule has 2 heterocycles. The number of unbranched alkanes of at least 4 members (excludes halogenated alkanes) is 1. The third-order valence-electron chi connectivity index (χ3n) is 3.95. The summed E-state index contributed by atoms with van der Waals surface area (Å²) in [4.78, 5) is 15.1. The second-order valence-electron chi connectivity index (χ2n) is 5.36. The Labute approximate surface area is 119 Å². The van der Waals surface area contributed by atoms with E-state index in [2.05, 4.69) is 23.3 Å². The molecule has 0 saturated carbocycles. The van der Waals surface area contributed by atoms with Gasteiger partial charge in [0.05, 0.1) is 5.92 Å². The molecule has 19 heavy (non-hydrogen) atoms. The van der Waals surface area contributed by atoms with Crippen LogP contribution in [0, 0.1) is 5.92 Å². The van der Waals surface area contributed by atoms with Crippen LogP contribution in [0.1, 0.15) is 43.0 Å². The van der Waals surface area contributed by atoms with Gasteiger partial charge in [-0.25, -0.2) is 0 Å². The number of thiophene rings is 1. The maximum absolute atomic E-state index is 11.2. The average molecular weight is 281 g/mol. The fourth-order valence-corrected chi connectivity index (χ4v) is 3.64. The summed E-state index contributed by atoms with van der Waals surface area (Å²) in [5, 5.41) is 11.4. The van der Waals surface area contributed by atoms with Gasteiger partial charge in [0.2, 0.25) is 0 Å². The molecule has 3 nitrogen and oxygen atoms in total. The molecule has 1 aromatic rings. The van der Waals surface area contributed by atoms with Crippen molar-refractivity contribution in [3.63, 3.8) is 0 Å². The first-order valence-electron chi connectivity index (χ1n) is 7.21. The number of hydrogen-bond acceptors (Lipinski definition) is 3. The van der Waals surface area contributed by atoms with Crippen LogP contribution in [0.25, 0.3) is 0 Å². The van der Waals surface area contributed by atoms with Crippen LogP contribution in [0.3, 0.4) is 0 Å². The van der Waals surface area contributed by atoms with Crippen molar-refractivity contribution in [2.24, 2.45) is 5.92 Å². The van der Waals surface area contributed by atoms with E-state index in [-0.39, 0.29) is 5.92 Å². The summed E-state index contributed by atoms with van der Waals surface area (Å²) in [6.45, 7) is 5.11. The molecule has 0 aliphatic carbocycles. The van der Waals surface area contributed by atoms with Crippen LogP contribution in [-0.2, 0) is 17.8 Å². The molecule has 106 valence electrons. The lowest BCUT2D eigenvalue weighted by atomic mass is 9.98. The van der Waals surface area contributed by atoms with Crippen molar-refractivity contribution in [2.75, 3.05) is 13.1 Å². The Morgan fingerprint density at radius 2 is 2.37 bits per heavy atom. The maximum atomic E-state index is 11.2. The van der Waals surface area contributed by atoms with Crippen molar-refractivity contribution in [3.05, 3.63) is 21.9 Å². The molecule has 0 saturated heterocycles. The van der Waals surface area contributed by atoms with Crippen LogP contribution in [0.5, 0.6) is 0 Å². The van der Waals surface area contributed by atoms with Crippen molar-refractivity contribution in [1.82, 2.24) is 4.90 Å². The zero-order valence-electron chi connectivity index (χ0n) is 11.6. The lowest BCUT2D eigenvalue weighted by Gasteiger charge is -2.27. The van der Waals surface area contributed by atoms with E-state index in [9.17, 15) is 9.90 Å². The van der Waals surface area contributed by atoms with Crippen molar-refractivity contribution in [2.45, 2.75) is 45.6 Å². The van der Waals surface area contributed by atoms with E-state index in [4.69, 9.17) is 0 Å². The fourth-order valence-electron chi connectivity index (χ4n) is 2.66. The van der Waals surface area contributed by atoms with Crippen LogP contribution < -0.4 is 0 Å². The van der Waals surface area contributed by atoms with Gasteiger partial charge in [-0.15, -0.1) is 11.3 Å². The number of nitrogens with zero attached hydrogens (tertiary/aromatic N) is 1. The predicted molar refractivity (Wildman–Crippen MR) is 78.6 cm³/mol. The Kier molecular flexibility index (Phi) is 5.40. The van der Waals surface area contributed by atoms with E-state index in [1.807, 2.05) is 11.3 Å². The predicted octanol–water partition coefficient (Wildman–Crippen LogP) is 3.39. The Morgan fingerprint density at radius 3 is 3.11 bits per heavy atom. The first-order chi connectivity index (χ1) is 9.20. The van der Waals surface area contributed by atoms with E-state index < -0.39 is 5.97 Å². The monoisotopic (exact) mass is 281 g/mol. The lowest BCUT2D eigenvalue weighted by molar-refractivity contribution is -0.142. The molecular formula is C15H23NO2S. The zero-order valence-corrected chi connectivity index (χ0v) is 12.4. The second kappa shape index (κ2) is 7.06. The number of carbonyl (C=O) groups is 1. The minimum atomic E-state index is -0.623. The molecule has 0 radical (unpaired) electrons. The Balaban J connectivity index is 1.80. The number of carboxylic acid groups (broad SMARTS) is 1. The van der Waals surface area contributed by atoms with Crippen LogP contribution in [-0.4, -0.2) is 29.1 Å². The summed E-state index contributed by atoms with van der Waals surface area (Å²) in [6.07, 6.45) is 4.82. The van der Waals surface area contributed by atoms with Gasteiger partial charge < -0.3 is 5.11 Å². The normalized spacial score (nSPS) is 17.1. The van der Waals surface area contributed by atoms with Crippen LogP contribution >= 0.6 is 11.3 Å². The lowest BCUT2D eigenvalue weighted by Crippen LogP contribution is -2.32. The van der Waals surface area contributed by atoms with Crippen LogP contribution in [0.4, 0.5) is 0 Å². The fraction of sp³-hybridized carbons (Fsp3) is 0.667. The molecule has 0 amide bonds. The van der Waals surface area contributed by atoms with Gasteiger partial charge in [0.25, 0.3) is 0 Å².